The lowest BCUT2D eigenvalue weighted by molar-refractivity contribution is -0.154. The van der Waals surface area contributed by atoms with Crippen LogP contribution in [0, 0.1) is 0 Å². The summed E-state index contributed by atoms with van der Waals surface area (Å²) >= 11 is 0. The Bertz CT molecular complexity index is 1070. The zero-order chi connectivity index (χ0) is 23.1. The minimum absolute atomic E-state index is 0.0195. The quantitative estimate of drug-likeness (QED) is 0.481. The van der Waals surface area contributed by atoms with Crippen LogP contribution in [0.25, 0.3) is 0 Å². The zero-order valence-corrected chi connectivity index (χ0v) is 19.2. The molecule has 1 aliphatic heterocycles. The van der Waals surface area contributed by atoms with E-state index in [1.54, 1.807) is 0 Å². The van der Waals surface area contributed by atoms with Crippen molar-refractivity contribution in [2.24, 2.45) is 0 Å². The summed E-state index contributed by atoms with van der Waals surface area (Å²) in [6, 6.07) is 30.7. The van der Waals surface area contributed by atoms with Crippen LogP contribution in [0.15, 0.2) is 102 Å². The van der Waals surface area contributed by atoms with Gasteiger partial charge in [-0.3, -0.25) is 4.79 Å². The van der Waals surface area contributed by atoms with Crippen molar-refractivity contribution < 1.29 is 19.0 Å². The standard InChI is InChI=1S/C29H28O4/c1-20-24(26-27(25(20)30)33-28(2,3)32-26)19-31-29(21-13-7-4-8-14-21,22-15-9-5-10-16-22)23-17-11-6-12-18-23/h4-18,26-27H,19H2,1-3H3/t26-,27+/m1/s1. The maximum absolute atomic E-state index is 12.9. The molecular weight excluding hydrogens is 412 g/mol. The third-order valence-electron chi connectivity index (χ3n) is 6.53. The molecule has 0 unspecified atom stereocenters. The van der Waals surface area contributed by atoms with Gasteiger partial charge in [-0.05, 0) is 48.6 Å². The molecule has 0 amide bonds. The third-order valence-corrected chi connectivity index (χ3v) is 6.53. The van der Waals surface area contributed by atoms with Crippen LogP contribution in [0.4, 0.5) is 0 Å². The number of carbonyl (C=O) groups excluding carboxylic acids is 1. The first kappa shape index (κ1) is 21.8. The summed E-state index contributed by atoms with van der Waals surface area (Å²) in [7, 11) is 0. The van der Waals surface area contributed by atoms with Crippen LogP contribution in [-0.4, -0.2) is 30.4 Å². The lowest BCUT2D eigenvalue weighted by Gasteiger charge is -2.36. The summed E-state index contributed by atoms with van der Waals surface area (Å²) in [5.74, 6) is -0.819. The fraction of sp³-hybridized carbons (Fsp3) is 0.276. The van der Waals surface area contributed by atoms with Crippen molar-refractivity contribution in [3.8, 4) is 0 Å². The summed E-state index contributed by atoms with van der Waals surface area (Å²) in [6.45, 7) is 5.77. The first-order chi connectivity index (χ1) is 15.9. The van der Waals surface area contributed by atoms with Gasteiger partial charge in [0.05, 0.1) is 6.61 Å². The molecular formula is C29H28O4. The maximum Gasteiger partial charge on any atom is 0.190 e. The number of ketones is 1. The Balaban J connectivity index is 1.61. The largest absolute Gasteiger partial charge is 0.356 e. The molecule has 4 heteroatoms. The molecule has 1 fully saturated rings. The number of hydrogen-bond donors (Lipinski definition) is 0. The normalized spacial score (nSPS) is 22.0. The second-order valence-corrected chi connectivity index (χ2v) is 9.06. The average Bonchev–Trinajstić information content (AvgIpc) is 3.27. The second-order valence-electron chi connectivity index (χ2n) is 9.06. The lowest BCUT2D eigenvalue weighted by Crippen LogP contribution is -2.35. The Hall–Kier alpha value is -3.05. The van der Waals surface area contributed by atoms with Gasteiger partial charge in [0.2, 0.25) is 0 Å². The summed E-state index contributed by atoms with van der Waals surface area (Å²) in [5.41, 5.74) is 3.72. The van der Waals surface area contributed by atoms with E-state index in [2.05, 4.69) is 36.4 Å². The smallest absolute Gasteiger partial charge is 0.190 e. The average molecular weight is 441 g/mol. The highest BCUT2D eigenvalue weighted by Crippen LogP contribution is 2.44. The van der Waals surface area contributed by atoms with Crippen molar-refractivity contribution >= 4 is 5.78 Å². The number of hydrogen-bond acceptors (Lipinski definition) is 4. The van der Waals surface area contributed by atoms with E-state index in [4.69, 9.17) is 14.2 Å². The molecule has 3 aromatic carbocycles. The fourth-order valence-corrected chi connectivity index (χ4v) is 4.94. The number of carbonyl (C=O) groups is 1. The van der Waals surface area contributed by atoms with E-state index >= 15 is 0 Å². The van der Waals surface area contributed by atoms with Gasteiger partial charge in [0.15, 0.2) is 17.7 Å². The van der Waals surface area contributed by atoms with Crippen molar-refractivity contribution in [2.75, 3.05) is 6.61 Å². The van der Waals surface area contributed by atoms with Crippen molar-refractivity contribution in [2.45, 2.75) is 44.4 Å². The van der Waals surface area contributed by atoms with Crippen molar-refractivity contribution in [3.63, 3.8) is 0 Å². The van der Waals surface area contributed by atoms with Gasteiger partial charge < -0.3 is 14.2 Å². The van der Waals surface area contributed by atoms with Crippen LogP contribution in [0.2, 0.25) is 0 Å². The zero-order valence-electron chi connectivity index (χ0n) is 19.2. The molecule has 1 saturated heterocycles. The second kappa shape index (κ2) is 8.38. The predicted molar refractivity (Wildman–Crippen MR) is 127 cm³/mol. The number of fused-ring (bicyclic) bond motifs is 1. The van der Waals surface area contributed by atoms with Crippen LogP contribution >= 0.6 is 0 Å². The van der Waals surface area contributed by atoms with E-state index < -0.39 is 23.6 Å². The van der Waals surface area contributed by atoms with Crippen LogP contribution in [0.1, 0.15) is 37.5 Å². The molecule has 3 aromatic rings. The minimum Gasteiger partial charge on any atom is -0.356 e. The topological polar surface area (TPSA) is 44.8 Å². The van der Waals surface area contributed by atoms with E-state index in [0.717, 1.165) is 22.3 Å². The lowest BCUT2D eigenvalue weighted by atomic mass is 9.80. The summed E-state index contributed by atoms with van der Waals surface area (Å²) in [4.78, 5) is 12.9. The third kappa shape index (κ3) is 3.74. The number of ether oxygens (including phenoxy) is 3. The Labute approximate surface area is 194 Å². The molecule has 2 atom stereocenters. The van der Waals surface area contributed by atoms with E-state index in [1.807, 2.05) is 75.4 Å². The Kier molecular flexibility index (Phi) is 5.53. The highest BCUT2D eigenvalue weighted by Gasteiger charge is 2.52. The minimum atomic E-state index is -0.854. The van der Waals surface area contributed by atoms with Crippen molar-refractivity contribution in [1.82, 2.24) is 0 Å². The van der Waals surface area contributed by atoms with Gasteiger partial charge in [-0.2, -0.15) is 0 Å². The van der Waals surface area contributed by atoms with Gasteiger partial charge in [0.25, 0.3) is 0 Å². The molecule has 0 saturated carbocycles. The molecule has 33 heavy (non-hydrogen) atoms. The molecule has 2 aliphatic rings. The number of rotatable bonds is 6. The summed E-state index contributed by atoms with van der Waals surface area (Å²) < 4.78 is 19.0. The van der Waals surface area contributed by atoms with Crippen LogP contribution < -0.4 is 0 Å². The van der Waals surface area contributed by atoms with Gasteiger partial charge in [-0.25, -0.2) is 0 Å². The highest BCUT2D eigenvalue weighted by molar-refractivity contribution is 6.03. The van der Waals surface area contributed by atoms with E-state index in [9.17, 15) is 4.79 Å². The Morgan fingerprint density at radius 2 is 1.18 bits per heavy atom. The molecule has 4 nitrogen and oxygen atoms in total. The molecule has 0 spiro atoms. The maximum atomic E-state index is 12.9. The molecule has 0 bridgehead atoms. The van der Waals surface area contributed by atoms with E-state index in [1.165, 1.54) is 0 Å². The first-order valence-electron chi connectivity index (χ1n) is 11.3. The molecule has 1 aliphatic carbocycles. The van der Waals surface area contributed by atoms with Crippen LogP contribution in [0.3, 0.4) is 0 Å². The SMILES string of the molecule is CC1=C(COC(c2ccccc2)(c2ccccc2)c2ccccc2)[C@H]2OC(C)(C)O[C@H]2C1=O. The molecule has 5 rings (SSSR count). The Morgan fingerprint density at radius 3 is 1.64 bits per heavy atom. The van der Waals surface area contributed by atoms with Gasteiger partial charge in [0, 0.05) is 0 Å². The highest BCUT2D eigenvalue weighted by atomic mass is 16.8. The number of Topliss-reactive ketones (excluding diaryl/α,β-unsaturated/α-hetero) is 1. The van der Waals surface area contributed by atoms with Crippen molar-refractivity contribution in [3.05, 3.63) is 119 Å². The Morgan fingerprint density at radius 1 is 0.758 bits per heavy atom. The van der Waals surface area contributed by atoms with Crippen LogP contribution in [-0.2, 0) is 24.6 Å². The first-order valence-corrected chi connectivity index (χ1v) is 11.3. The summed E-state index contributed by atoms with van der Waals surface area (Å²) in [6.07, 6.45) is -1.02. The molecule has 0 N–H and O–H groups in total. The molecule has 0 radical (unpaired) electrons. The van der Waals surface area contributed by atoms with E-state index in [0.29, 0.717) is 5.57 Å². The van der Waals surface area contributed by atoms with Crippen LogP contribution in [0.5, 0.6) is 0 Å². The van der Waals surface area contributed by atoms with Gasteiger partial charge in [0.1, 0.15) is 11.7 Å². The van der Waals surface area contributed by atoms with Crippen molar-refractivity contribution in [1.29, 1.82) is 0 Å². The van der Waals surface area contributed by atoms with Gasteiger partial charge in [-0.1, -0.05) is 91.0 Å². The molecule has 168 valence electrons. The predicted octanol–water partition coefficient (Wildman–Crippen LogP) is 5.41. The van der Waals surface area contributed by atoms with Gasteiger partial charge in [-0.15, -0.1) is 0 Å². The fourth-order valence-electron chi connectivity index (χ4n) is 4.94. The van der Waals surface area contributed by atoms with Gasteiger partial charge >= 0.3 is 0 Å². The van der Waals surface area contributed by atoms with E-state index in [-0.39, 0.29) is 12.4 Å². The molecule has 1 heterocycles. The monoisotopic (exact) mass is 440 g/mol. The number of benzene rings is 3. The summed E-state index contributed by atoms with van der Waals surface area (Å²) in [5, 5.41) is 0. The molecule has 0 aromatic heterocycles.